The lowest BCUT2D eigenvalue weighted by atomic mass is 9.79. The maximum Gasteiger partial charge on any atom is 0.127 e. The quantitative estimate of drug-likeness (QED) is 0.891. The van der Waals surface area contributed by atoms with Crippen LogP contribution in [0.5, 0.6) is 17.2 Å². The van der Waals surface area contributed by atoms with Crippen LogP contribution in [0.3, 0.4) is 0 Å². The number of rotatable bonds is 2. The zero-order chi connectivity index (χ0) is 15.1. The Morgan fingerprint density at radius 2 is 1.91 bits per heavy atom. The summed E-state index contributed by atoms with van der Waals surface area (Å²) in [4.78, 5) is 0. The summed E-state index contributed by atoms with van der Waals surface area (Å²) < 4.78 is 11.5. The first-order valence-corrected chi connectivity index (χ1v) is 7.90. The largest absolute Gasteiger partial charge is 0.508 e. The molecule has 0 spiro atoms. The van der Waals surface area contributed by atoms with Crippen LogP contribution < -0.4 is 9.47 Å². The highest BCUT2D eigenvalue weighted by Crippen LogP contribution is 2.55. The van der Waals surface area contributed by atoms with Crippen molar-refractivity contribution in [1.29, 1.82) is 0 Å². The summed E-state index contributed by atoms with van der Waals surface area (Å²) in [6.07, 6.45) is 3.53. The lowest BCUT2D eigenvalue weighted by Crippen LogP contribution is -2.26. The van der Waals surface area contributed by atoms with Gasteiger partial charge < -0.3 is 14.6 Å². The molecule has 0 amide bonds. The van der Waals surface area contributed by atoms with Crippen LogP contribution in [0, 0.1) is 5.92 Å². The second-order valence-electron chi connectivity index (χ2n) is 6.20. The molecule has 1 heterocycles. The molecule has 3 nitrogen and oxygen atoms in total. The van der Waals surface area contributed by atoms with Crippen LogP contribution in [0.4, 0.5) is 0 Å². The second kappa shape index (κ2) is 5.24. The number of fused-ring (bicyclic) bond motifs is 3. The molecule has 1 aliphatic heterocycles. The molecular weight excluding hydrogens is 276 g/mol. The fourth-order valence-electron chi connectivity index (χ4n) is 4.05. The van der Waals surface area contributed by atoms with E-state index in [4.69, 9.17) is 9.47 Å². The Kier molecular flexibility index (Phi) is 3.21. The van der Waals surface area contributed by atoms with Crippen molar-refractivity contribution in [3.63, 3.8) is 0 Å². The van der Waals surface area contributed by atoms with Crippen molar-refractivity contribution >= 4 is 0 Å². The molecule has 3 heteroatoms. The topological polar surface area (TPSA) is 38.7 Å². The number of benzene rings is 2. The summed E-state index contributed by atoms with van der Waals surface area (Å²) in [5.74, 6) is 2.92. The van der Waals surface area contributed by atoms with Gasteiger partial charge in [-0.2, -0.15) is 0 Å². The Bertz CT molecular complexity index is 678. The molecule has 1 unspecified atom stereocenters. The molecule has 0 aromatic heterocycles. The molecule has 2 aromatic carbocycles. The Labute approximate surface area is 130 Å². The zero-order valence-corrected chi connectivity index (χ0v) is 12.7. The summed E-state index contributed by atoms with van der Waals surface area (Å²) >= 11 is 0. The molecule has 0 bridgehead atoms. The third kappa shape index (κ3) is 2.04. The van der Waals surface area contributed by atoms with Crippen LogP contribution in [0.15, 0.2) is 42.5 Å². The fraction of sp³-hybridized carbons (Fsp3) is 0.368. The molecule has 1 aliphatic carbocycles. The summed E-state index contributed by atoms with van der Waals surface area (Å²) in [6.45, 7) is 0. The minimum atomic E-state index is 0.0627. The molecule has 22 heavy (non-hydrogen) atoms. The number of phenolic OH excluding ortho intramolecular Hbond substituents is 1. The van der Waals surface area contributed by atoms with E-state index in [9.17, 15) is 5.11 Å². The molecule has 1 N–H and O–H groups in total. The lowest BCUT2D eigenvalue weighted by Gasteiger charge is -2.36. The van der Waals surface area contributed by atoms with Gasteiger partial charge in [-0.3, -0.25) is 0 Å². The van der Waals surface area contributed by atoms with Crippen LogP contribution >= 0.6 is 0 Å². The van der Waals surface area contributed by atoms with Crippen molar-refractivity contribution in [3.8, 4) is 17.2 Å². The molecular formula is C19H20O3. The van der Waals surface area contributed by atoms with E-state index in [1.807, 2.05) is 24.3 Å². The number of hydrogen-bond donors (Lipinski definition) is 1. The average molecular weight is 296 g/mol. The third-order valence-electron chi connectivity index (χ3n) is 5.07. The van der Waals surface area contributed by atoms with Crippen LogP contribution in [0.1, 0.15) is 42.4 Å². The van der Waals surface area contributed by atoms with E-state index >= 15 is 0 Å². The van der Waals surface area contributed by atoms with E-state index in [2.05, 4.69) is 12.1 Å². The second-order valence-corrected chi connectivity index (χ2v) is 6.20. The maximum absolute atomic E-state index is 10.2. The van der Waals surface area contributed by atoms with Crippen molar-refractivity contribution < 1.29 is 14.6 Å². The van der Waals surface area contributed by atoms with Crippen molar-refractivity contribution in [2.75, 3.05) is 7.11 Å². The Morgan fingerprint density at radius 3 is 2.68 bits per heavy atom. The zero-order valence-electron chi connectivity index (χ0n) is 12.7. The summed E-state index contributed by atoms with van der Waals surface area (Å²) in [7, 11) is 1.68. The smallest absolute Gasteiger partial charge is 0.127 e. The minimum absolute atomic E-state index is 0.0627. The van der Waals surface area contributed by atoms with Gasteiger partial charge in [-0.05, 0) is 48.6 Å². The molecule has 3 atom stereocenters. The fourth-order valence-corrected chi connectivity index (χ4v) is 4.05. The Morgan fingerprint density at radius 1 is 1.09 bits per heavy atom. The van der Waals surface area contributed by atoms with E-state index < -0.39 is 0 Å². The van der Waals surface area contributed by atoms with Gasteiger partial charge in [0.1, 0.15) is 23.4 Å². The normalized spacial score (nSPS) is 26.0. The van der Waals surface area contributed by atoms with Gasteiger partial charge in [-0.25, -0.2) is 0 Å². The lowest BCUT2D eigenvalue weighted by molar-refractivity contribution is 0.102. The maximum atomic E-state index is 10.2. The Balaban J connectivity index is 1.75. The first kappa shape index (κ1) is 13.5. The highest BCUT2D eigenvalue weighted by atomic mass is 16.5. The van der Waals surface area contributed by atoms with Gasteiger partial charge in [0.05, 0.1) is 7.11 Å². The number of aromatic hydroxyl groups is 1. The molecule has 1 saturated carbocycles. The van der Waals surface area contributed by atoms with Gasteiger partial charge in [0, 0.05) is 11.5 Å². The van der Waals surface area contributed by atoms with Gasteiger partial charge >= 0.3 is 0 Å². The van der Waals surface area contributed by atoms with Gasteiger partial charge in [0.15, 0.2) is 0 Å². The molecule has 2 aliphatic rings. The molecule has 2 aromatic rings. The van der Waals surface area contributed by atoms with E-state index in [0.29, 0.717) is 17.6 Å². The molecule has 4 rings (SSSR count). The molecule has 1 fully saturated rings. The number of methoxy groups -OCH3 is 1. The van der Waals surface area contributed by atoms with Gasteiger partial charge in [-0.1, -0.05) is 24.6 Å². The van der Waals surface area contributed by atoms with E-state index in [1.165, 1.54) is 12.0 Å². The summed E-state index contributed by atoms with van der Waals surface area (Å²) in [6, 6.07) is 13.8. The monoisotopic (exact) mass is 296 g/mol. The van der Waals surface area contributed by atoms with Crippen molar-refractivity contribution in [1.82, 2.24) is 0 Å². The van der Waals surface area contributed by atoms with Crippen LogP contribution in [-0.4, -0.2) is 12.2 Å². The average Bonchev–Trinajstić information content (AvgIpc) is 3.04. The molecule has 114 valence electrons. The predicted molar refractivity (Wildman–Crippen MR) is 84.6 cm³/mol. The number of ether oxygens (including phenoxy) is 2. The standard InChI is InChI=1S/C19H20O3/c1-21-13-10-8-12(9-11-13)19-15-5-2-4-14(15)18-16(20)6-3-7-17(18)22-19/h3,6-11,14-15,19-20H,2,4-5H2,1H3/t14?,15-,19-/m1/s1. The van der Waals surface area contributed by atoms with Crippen LogP contribution in [-0.2, 0) is 0 Å². The van der Waals surface area contributed by atoms with E-state index in [0.717, 1.165) is 29.9 Å². The summed E-state index contributed by atoms with van der Waals surface area (Å²) in [5.41, 5.74) is 2.20. The first-order valence-electron chi connectivity index (χ1n) is 7.90. The van der Waals surface area contributed by atoms with Crippen molar-refractivity contribution in [2.24, 2.45) is 5.92 Å². The highest BCUT2D eigenvalue weighted by molar-refractivity contribution is 5.49. The number of hydrogen-bond acceptors (Lipinski definition) is 3. The van der Waals surface area contributed by atoms with Crippen molar-refractivity contribution in [3.05, 3.63) is 53.6 Å². The van der Waals surface area contributed by atoms with Gasteiger partial charge in [-0.15, -0.1) is 0 Å². The molecule has 0 saturated heterocycles. The van der Waals surface area contributed by atoms with E-state index in [-0.39, 0.29) is 6.10 Å². The van der Waals surface area contributed by atoms with E-state index in [1.54, 1.807) is 13.2 Å². The number of phenols is 1. The van der Waals surface area contributed by atoms with Crippen LogP contribution in [0.2, 0.25) is 0 Å². The predicted octanol–water partition coefficient (Wildman–Crippen LogP) is 4.42. The third-order valence-corrected chi connectivity index (χ3v) is 5.07. The van der Waals surface area contributed by atoms with Gasteiger partial charge in [0.25, 0.3) is 0 Å². The summed E-state index contributed by atoms with van der Waals surface area (Å²) in [5, 5.41) is 10.2. The SMILES string of the molecule is COc1ccc([C@H]2Oc3cccc(O)c3C3CCC[C@H]32)cc1. The van der Waals surface area contributed by atoms with Crippen molar-refractivity contribution in [2.45, 2.75) is 31.3 Å². The first-order chi connectivity index (χ1) is 10.8. The van der Waals surface area contributed by atoms with Crippen LogP contribution in [0.25, 0.3) is 0 Å². The minimum Gasteiger partial charge on any atom is -0.508 e. The van der Waals surface area contributed by atoms with Gasteiger partial charge in [0.2, 0.25) is 0 Å². The highest BCUT2D eigenvalue weighted by Gasteiger charge is 2.43. The Hall–Kier alpha value is -2.16. The molecule has 0 radical (unpaired) electrons.